The van der Waals surface area contributed by atoms with E-state index in [1.165, 1.54) is 12.8 Å². The van der Waals surface area contributed by atoms with Crippen LogP contribution < -0.4 is 4.90 Å². The van der Waals surface area contributed by atoms with Crippen LogP contribution in [0, 0.1) is 0 Å². The number of carboxylic acid groups (broad SMARTS) is 1. The van der Waals surface area contributed by atoms with Gasteiger partial charge in [-0.2, -0.15) is 0 Å². The minimum Gasteiger partial charge on any atom is -0.478 e. The highest BCUT2D eigenvalue weighted by Gasteiger charge is 2.23. The smallest absolute Gasteiger partial charge is 0.335 e. The maximum absolute atomic E-state index is 11.4. The van der Waals surface area contributed by atoms with Crippen LogP contribution in [0.25, 0.3) is 0 Å². The van der Waals surface area contributed by atoms with Gasteiger partial charge in [-0.25, -0.2) is 9.78 Å². The first-order valence-corrected chi connectivity index (χ1v) is 7.81. The van der Waals surface area contributed by atoms with E-state index in [1.54, 1.807) is 12.1 Å². The fourth-order valence-corrected chi connectivity index (χ4v) is 2.79. The number of aromatic carboxylic acids is 1. The van der Waals surface area contributed by atoms with Crippen LogP contribution in [0.1, 0.15) is 69.4 Å². The van der Waals surface area contributed by atoms with E-state index in [4.69, 9.17) is 4.98 Å². The number of rotatable bonds is 2. The van der Waals surface area contributed by atoms with Crippen molar-refractivity contribution < 1.29 is 9.90 Å². The Balaban J connectivity index is 2.46. The Morgan fingerprint density at radius 2 is 2.00 bits per heavy atom. The minimum atomic E-state index is -0.883. The third kappa shape index (κ3) is 3.74. The van der Waals surface area contributed by atoms with Gasteiger partial charge in [-0.05, 0) is 31.9 Å². The maximum atomic E-state index is 11.4. The largest absolute Gasteiger partial charge is 0.478 e. The van der Waals surface area contributed by atoms with Crippen LogP contribution in [-0.4, -0.2) is 28.6 Å². The summed E-state index contributed by atoms with van der Waals surface area (Å²) in [6.07, 6.45) is 4.77. The van der Waals surface area contributed by atoms with Gasteiger partial charge in [0.25, 0.3) is 0 Å². The molecule has 1 aliphatic heterocycles. The number of hydrogen-bond acceptors (Lipinski definition) is 3. The first-order chi connectivity index (χ1) is 9.79. The summed E-state index contributed by atoms with van der Waals surface area (Å²) in [5.41, 5.74) is 1.02. The Hall–Kier alpha value is -1.58. The molecule has 0 aliphatic carbocycles. The van der Waals surface area contributed by atoms with Crippen molar-refractivity contribution in [3.63, 3.8) is 0 Å². The Bertz CT molecular complexity index is 520. The van der Waals surface area contributed by atoms with Crippen molar-refractivity contribution in [2.24, 2.45) is 0 Å². The standard InChI is InChI=1S/C17H26N2O2/c1-12-8-6-5-7-9-19(12)15-11-13(16(20)21)10-14(18-15)17(2,3)4/h10-12H,5-9H2,1-4H3,(H,20,21). The van der Waals surface area contributed by atoms with E-state index in [-0.39, 0.29) is 5.41 Å². The molecular formula is C17H26N2O2. The number of pyridine rings is 1. The molecule has 1 aliphatic rings. The SMILES string of the molecule is CC1CCCCCN1c1cc(C(=O)O)cc(C(C)(C)C)n1. The molecule has 0 bridgehead atoms. The van der Waals surface area contributed by atoms with E-state index in [1.807, 2.05) is 0 Å². The molecule has 21 heavy (non-hydrogen) atoms. The van der Waals surface area contributed by atoms with E-state index in [2.05, 4.69) is 32.6 Å². The molecule has 0 aromatic carbocycles. The van der Waals surface area contributed by atoms with Crippen molar-refractivity contribution in [2.75, 3.05) is 11.4 Å². The Labute approximate surface area is 127 Å². The zero-order valence-corrected chi connectivity index (χ0v) is 13.5. The highest BCUT2D eigenvalue weighted by molar-refractivity contribution is 5.88. The molecule has 1 fully saturated rings. The van der Waals surface area contributed by atoms with Crippen LogP contribution in [0.5, 0.6) is 0 Å². The number of anilines is 1. The highest BCUT2D eigenvalue weighted by Crippen LogP contribution is 2.28. The molecule has 1 aromatic heterocycles. The minimum absolute atomic E-state index is 0.157. The van der Waals surface area contributed by atoms with Gasteiger partial charge in [-0.15, -0.1) is 0 Å². The summed E-state index contributed by atoms with van der Waals surface area (Å²) in [5, 5.41) is 9.37. The Kier molecular flexibility index (Phi) is 4.55. The van der Waals surface area contributed by atoms with E-state index in [0.717, 1.165) is 30.9 Å². The summed E-state index contributed by atoms with van der Waals surface area (Å²) in [5.74, 6) is -0.0687. The molecular weight excluding hydrogens is 264 g/mol. The molecule has 0 amide bonds. The van der Waals surface area contributed by atoms with Gasteiger partial charge in [0.15, 0.2) is 0 Å². The molecule has 1 saturated heterocycles. The molecule has 1 unspecified atom stereocenters. The second kappa shape index (κ2) is 6.04. The van der Waals surface area contributed by atoms with Crippen LogP contribution in [0.4, 0.5) is 5.82 Å². The number of carboxylic acids is 1. The molecule has 0 saturated carbocycles. The van der Waals surface area contributed by atoms with Crippen LogP contribution in [-0.2, 0) is 5.41 Å². The third-order valence-electron chi connectivity index (χ3n) is 4.17. The van der Waals surface area contributed by atoms with Gasteiger partial charge >= 0.3 is 5.97 Å². The second-order valence-corrected chi connectivity index (χ2v) is 7.05. The van der Waals surface area contributed by atoms with Crippen LogP contribution in [0.15, 0.2) is 12.1 Å². The van der Waals surface area contributed by atoms with Gasteiger partial charge in [-0.1, -0.05) is 33.6 Å². The van der Waals surface area contributed by atoms with E-state index in [0.29, 0.717) is 11.6 Å². The molecule has 2 rings (SSSR count). The highest BCUT2D eigenvalue weighted by atomic mass is 16.4. The van der Waals surface area contributed by atoms with Crippen molar-refractivity contribution in [1.82, 2.24) is 4.98 Å². The molecule has 4 heteroatoms. The summed E-state index contributed by atoms with van der Waals surface area (Å²) >= 11 is 0. The predicted molar refractivity (Wildman–Crippen MR) is 85.2 cm³/mol. The van der Waals surface area contributed by atoms with Crippen LogP contribution >= 0.6 is 0 Å². The molecule has 1 aromatic rings. The molecule has 1 N–H and O–H groups in total. The lowest BCUT2D eigenvalue weighted by Gasteiger charge is -2.30. The lowest BCUT2D eigenvalue weighted by molar-refractivity contribution is 0.0696. The average Bonchev–Trinajstić information content (AvgIpc) is 2.62. The number of carbonyl (C=O) groups is 1. The zero-order valence-electron chi connectivity index (χ0n) is 13.5. The number of aromatic nitrogens is 1. The zero-order chi connectivity index (χ0) is 15.6. The van der Waals surface area contributed by atoms with Crippen molar-refractivity contribution in [2.45, 2.75) is 64.8 Å². The average molecular weight is 290 g/mol. The van der Waals surface area contributed by atoms with Gasteiger partial charge in [-0.3, -0.25) is 0 Å². The van der Waals surface area contributed by atoms with E-state index >= 15 is 0 Å². The normalized spacial score (nSPS) is 20.2. The lowest BCUT2D eigenvalue weighted by atomic mass is 9.90. The first-order valence-electron chi connectivity index (χ1n) is 7.81. The molecule has 0 spiro atoms. The van der Waals surface area contributed by atoms with Crippen molar-refractivity contribution in [3.05, 3.63) is 23.4 Å². The van der Waals surface area contributed by atoms with E-state index < -0.39 is 5.97 Å². The Morgan fingerprint density at radius 1 is 1.29 bits per heavy atom. The van der Waals surface area contributed by atoms with Crippen molar-refractivity contribution in [3.8, 4) is 0 Å². The number of hydrogen-bond donors (Lipinski definition) is 1. The van der Waals surface area contributed by atoms with Gasteiger partial charge < -0.3 is 10.0 Å². The maximum Gasteiger partial charge on any atom is 0.335 e. The summed E-state index contributed by atoms with van der Waals surface area (Å²) in [4.78, 5) is 18.5. The van der Waals surface area contributed by atoms with Gasteiger partial charge in [0.2, 0.25) is 0 Å². The molecule has 0 radical (unpaired) electrons. The summed E-state index contributed by atoms with van der Waals surface area (Å²) in [6, 6.07) is 3.84. The molecule has 4 nitrogen and oxygen atoms in total. The van der Waals surface area contributed by atoms with Crippen LogP contribution in [0.3, 0.4) is 0 Å². The predicted octanol–water partition coefficient (Wildman–Crippen LogP) is 3.85. The molecule has 1 atom stereocenters. The fourth-order valence-electron chi connectivity index (χ4n) is 2.79. The molecule has 116 valence electrons. The quantitative estimate of drug-likeness (QED) is 0.899. The van der Waals surface area contributed by atoms with Gasteiger partial charge in [0.05, 0.1) is 5.56 Å². The van der Waals surface area contributed by atoms with Crippen molar-refractivity contribution in [1.29, 1.82) is 0 Å². The van der Waals surface area contributed by atoms with Crippen LogP contribution in [0.2, 0.25) is 0 Å². The Morgan fingerprint density at radius 3 is 2.62 bits per heavy atom. The third-order valence-corrected chi connectivity index (χ3v) is 4.17. The summed E-state index contributed by atoms with van der Waals surface area (Å²) in [7, 11) is 0. The number of nitrogens with zero attached hydrogens (tertiary/aromatic N) is 2. The summed E-state index contributed by atoms with van der Waals surface area (Å²) < 4.78 is 0. The van der Waals surface area contributed by atoms with Gasteiger partial charge in [0, 0.05) is 23.7 Å². The molecule has 2 heterocycles. The topological polar surface area (TPSA) is 53.4 Å². The van der Waals surface area contributed by atoms with Crippen molar-refractivity contribution >= 4 is 11.8 Å². The lowest BCUT2D eigenvalue weighted by Crippen LogP contribution is -2.34. The summed E-state index contributed by atoms with van der Waals surface area (Å²) in [6.45, 7) is 9.36. The fraction of sp³-hybridized carbons (Fsp3) is 0.647. The first kappa shape index (κ1) is 15.8. The second-order valence-electron chi connectivity index (χ2n) is 7.05. The van der Waals surface area contributed by atoms with E-state index in [9.17, 15) is 9.90 Å². The van der Waals surface area contributed by atoms with Gasteiger partial charge in [0.1, 0.15) is 5.82 Å². The monoisotopic (exact) mass is 290 g/mol.